The lowest BCUT2D eigenvalue weighted by atomic mass is 10.0. The number of fused-ring (bicyclic) bond motifs is 1. The lowest BCUT2D eigenvalue weighted by molar-refractivity contribution is -0.113. The summed E-state index contributed by atoms with van der Waals surface area (Å²) < 4.78 is 0. The molecule has 0 aliphatic carbocycles. The first-order valence-electron chi connectivity index (χ1n) is 8.59. The molecule has 0 radical (unpaired) electrons. The molecule has 0 saturated carbocycles. The van der Waals surface area contributed by atoms with E-state index in [2.05, 4.69) is 22.4 Å². The second-order valence-corrected chi connectivity index (χ2v) is 8.67. The monoisotopic (exact) mass is 406 g/mol. The number of thioether (sulfide) groups is 1. The number of thiophene rings is 1. The molecule has 0 unspecified atom stereocenters. The van der Waals surface area contributed by atoms with Gasteiger partial charge in [0.25, 0.3) is 0 Å². The third-order valence-electron chi connectivity index (χ3n) is 4.58. The summed E-state index contributed by atoms with van der Waals surface area (Å²) in [6.45, 7) is 7.76. The van der Waals surface area contributed by atoms with Crippen molar-refractivity contribution in [1.82, 2.24) is 4.98 Å². The van der Waals surface area contributed by atoms with E-state index in [0.717, 1.165) is 32.5 Å². The summed E-state index contributed by atoms with van der Waals surface area (Å²) in [5.74, 6) is -0.117. The standard InChI is InChI=1S/C21H18N4OS2/c1-11-5-6-12(2)19-16(11)7-15(8-22)20(25-19)27-10-18(26)24-21-17(9-23)13(3)14(4)28-21/h5-7H,10H2,1-4H3,(H,24,26). The van der Waals surface area contributed by atoms with E-state index in [-0.39, 0.29) is 11.7 Å². The molecule has 5 nitrogen and oxygen atoms in total. The number of aryl methyl sites for hydroxylation is 3. The molecule has 0 bridgehead atoms. The Balaban J connectivity index is 1.83. The van der Waals surface area contributed by atoms with Crippen LogP contribution in [0.25, 0.3) is 10.9 Å². The third kappa shape index (κ3) is 3.73. The molecule has 0 atom stereocenters. The van der Waals surface area contributed by atoms with Crippen LogP contribution >= 0.6 is 23.1 Å². The fourth-order valence-electron chi connectivity index (χ4n) is 2.85. The second-order valence-electron chi connectivity index (χ2n) is 6.48. The molecule has 28 heavy (non-hydrogen) atoms. The number of benzene rings is 1. The molecule has 0 fully saturated rings. The topological polar surface area (TPSA) is 89.6 Å². The Hall–Kier alpha value is -2.87. The number of amides is 1. The number of nitrogens with one attached hydrogen (secondary N) is 1. The maximum atomic E-state index is 12.4. The summed E-state index contributed by atoms with van der Waals surface area (Å²) in [6.07, 6.45) is 0. The van der Waals surface area contributed by atoms with Crippen LogP contribution in [0.2, 0.25) is 0 Å². The predicted molar refractivity (Wildman–Crippen MR) is 114 cm³/mol. The quantitative estimate of drug-likeness (QED) is 0.616. The molecule has 1 aromatic carbocycles. The smallest absolute Gasteiger partial charge is 0.235 e. The Bertz CT molecular complexity index is 1180. The van der Waals surface area contributed by atoms with Gasteiger partial charge < -0.3 is 5.32 Å². The van der Waals surface area contributed by atoms with Crippen molar-refractivity contribution in [2.75, 3.05) is 11.1 Å². The third-order valence-corrected chi connectivity index (χ3v) is 6.69. The van der Waals surface area contributed by atoms with Crippen molar-refractivity contribution in [1.29, 1.82) is 10.5 Å². The fraction of sp³-hybridized carbons (Fsp3) is 0.238. The molecular weight excluding hydrogens is 388 g/mol. The van der Waals surface area contributed by atoms with Gasteiger partial charge in [0.2, 0.25) is 5.91 Å². The van der Waals surface area contributed by atoms with Gasteiger partial charge in [-0.05, 0) is 50.5 Å². The Kier molecular flexibility index (Phi) is 5.69. The number of hydrogen-bond donors (Lipinski definition) is 1. The number of pyridine rings is 1. The highest BCUT2D eigenvalue weighted by Gasteiger charge is 2.16. The predicted octanol–water partition coefficient (Wildman–Crippen LogP) is 5.00. The maximum Gasteiger partial charge on any atom is 0.235 e. The zero-order chi connectivity index (χ0) is 20.4. The number of nitriles is 2. The number of carbonyl (C=O) groups is 1. The number of aromatic nitrogens is 1. The second kappa shape index (κ2) is 8.02. The summed E-state index contributed by atoms with van der Waals surface area (Å²) in [7, 11) is 0. The molecule has 2 heterocycles. The normalized spacial score (nSPS) is 10.5. The van der Waals surface area contributed by atoms with Crippen molar-refractivity contribution < 1.29 is 4.79 Å². The van der Waals surface area contributed by atoms with Crippen LogP contribution in [0.15, 0.2) is 23.2 Å². The average molecular weight is 407 g/mol. The van der Waals surface area contributed by atoms with Crippen molar-refractivity contribution >= 4 is 44.9 Å². The molecule has 0 aliphatic heterocycles. The van der Waals surface area contributed by atoms with Gasteiger partial charge in [-0.3, -0.25) is 4.79 Å². The van der Waals surface area contributed by atoms with Gasteiger partial charge in [-0.1, -0.05) is 23.9 Å². The van der Waals surface area contributed by atoms with Gasteiger partial charge in [0.05, 0.1) is 22.4 Å². The Labute approximate surface area is 172 Å². The van der Waals surface area contributed by atoms with Crippen LogP contribution in [0.3, 0.4) is 0 Å². The van der Waals surface area contributed by atoms with E-state index in [0.29, 0.717) is 21.2 Å². The van der Waals surface area contributed by atoms with Crippen LogP contribution in [0.4, 0.5) is 5.00 Å². The molecule has 3 rings (SSSR count). The van der Waals surface area contributed by atoms with Gasteiger partial charge in [-0.25, -0.2) is 4.98 Å². The van der Waals surface area contributed by atoms with E-state index in [9.17, 15) is 15.3 Å². The lowest BCUT2D eigenvalue weighted by Crippen LogP contribution is -2.14. The zero-order valence-corrected chi connectivity index (χ0v) is 17.6. The molecular formula is C21H18N4OS2. The van der Waals surface area contributed by atoms with E-state index in [1.807, 2.05) is 45.9 Å². The van der Waals surface area contributed by atoms with E-state index >= 15 is 0 Å². The highest BCUT2D eigenvalue weighted by molar-refractivity contribution is 8.00. The minimum absolute atomic E-state index is 0.110. The van der Waals surface area contributed by atoms with Gasteiger partial charge in [0, 0.05) is 10.3 Å². The van der Waals surface area contributed by atoms with Crippen LogP contribution in [0.1, 0.15) is 32.7 Å². The summed E-state index contributed by atoms with van der Waals surface area (Å²) in [4.78, 5) is 18.1. The summed E-state index contributed by atoms with van der Waals surface area (Å²) in [6, 6.07) is 10.2. The molecule has 3 aromatic rings. The Morgan fingerprint density at radius 3 is 2.57 bits per heavy atom. The number of nitrogens with zero attached hydrogens (tertiary/aromatic N) is 3. The van der Waals surface area contributed by atoms with Crippen LogP contribution in [-0.2, 0) is 4.79 Å². The van der Waals surface area contributed by atoms with Crippen LogP contribution in [0.5, 0.6) is 0 Å². The highest BCUT2D eigenvalue weighted by Crippen LogP contribution is 2.32. The average Bonchev–Trinajstić information content (AvgIpc) is 2.95. The van der Waals surface area contributed by atoms with E-state index in [1.54, 1.807) is 0 Å². The van der Waals surface area contributed by atoms with Crippen LogP contribution in [0, 0.1) is 50.4 Å². The SMILES string of the molecule is Cc1sc(NC(=O)CSc2nc3c(C)ccc(C)c3cc2C#N)c(C#N)c1C. The van der Waals surface area contributed by atoms with Crippen LogP contribution in [-0.4, -0.2) is 16.6 Å². The summed E-state index contributed by atoms with van der Waals surface area (Å²) in [5, 5.41) is 23.7. The fourth-order valence-corrected chi connectivity index (χ4v) is 4.64. The van der Waals surface area contributed by atoms with Crippen molar-refractivity contribution in [3.05, 3.63) is 50.9 Å². The first-order valence-corrected chi connectivity index (χ1v) is 10.4. The van der Waals surface area contributed by atoms with Gasteiger partial charge in [0.1, 0.15) is 22.2 Å². The van der Waals surface area contributed by atoms with Gasteiger partial charge >= 0.3 is 0 Å². The Morgan fingerprint density at radius 2 is 1.89 bits per heavy atom. The number of hydrogen-bond acceptors (Lipinski definition) is 6. The maximum absolute atomic E-state index is 12.4. The van der Waals surface area contributed by atoms with Gasteiger partial charge in [-0.2, -0.15) is 10.5 Å². The molecule has 0 saturated heterocycles. The summed E-state index contributed by atoms with van der Waals surface area (Å²) >= 11 is 2.63. The number of rotatable bonds is 4. The minimum Gasteiger partial charge on any atom is -0.316 e. The molecule has 140 valence electrons. The molecule has 0 spiro atoms. The first-order chi connectivity index (χ1) is 13.3. The zero-order valence-electron chi connectivity index (χ0n) is 16.0. The largest absolute Gasteiger partial charge is 0.316 e. The Morgan fingerprint density at radius 1 is 1.18 bits per heavy atom. The molecule has 0 aliphatic rings. The molecule has 1 amide bonds. The highest BCUT2D eigenvalue weighted by atomic mass is 32.2. The molecule has 1 N–H and O–H groups in total. The first kappa shape index (κ1) is 19.9. The lowest BCUT2D eigenvalue weighted by Gasteiger charge is -2.09. The molecule has 2 aromatic heterocycles. The van der Waals surface area contributed by atoms with E-state index in [4.69, 9.17) is 0 Å². The number of anilines is 1. The van der Waals surface area contributed by atoms with E-state index < -0.39 is 0 Å². The number of carbonyl (C=O) groups excluding carboxylic acids is 1. The van der Waals surface area contributed by atoms with Crippen molar-refractivity contribution in [2.45, 2.75) is 32.7 Å². The van der Waals surface area contributed by atoms with E-state index in [1.165, 1.54) is 23.1 Å². The van der Waals surface area contributed by atoms with Gasteiger partial charge in [0.15, 0.2) is 0 Å². The minimum atomic E-state index is -0.227. The van der Waals surface area contributed by atoms with Crippen molar-refractivity contribution in [3.8, 4) is 12.1 Å². The van der Waals surface area contributed by atoms with Crippen molar-refractivity contribution in [3.63, 3.8) is 0 Å². The molecule has 7 heteroatoms. The summed E-state index contributed by atoms with van der Waals surface area (Å²) in [5.41, 5.74) is 4.79. The van der Waals surface area contributed by atoms with Crippen molar-refractivity contribution in [2.24, 2.45) is 0 Å². The van der Waals surface area contributed by atoms with Crippen LogP contribution < -0.4 is 5.32 Å². The van der Waals surface area contributed by atoms with Gasteiger partial charge in [-0.15, -0.1) is 11.3 Å².